The molecule has 0 radical (unpaired) electrons. The van der Waals surface area contributed by atoms with Gasteiger partial charge >= 0.3 is 0 Å². The third-order valence-electron chi connectivity index (χ3n) is 5.60. The van der Waals surface area contributed by atoms with E-state index in [0.717, 1.165) is 36.9 Å². The Morgan fingerprint density at radius 2 is 2.00 bits per heavy atom. The van der Waals surface area contributed by atoms with Crippen LogP contribution < -0.4 is 10.5 Å². The van der Waals surface area contributed by atoms with Crippen LogP contribution in [-0.4, -0.2) is 49.2 Å². The third kappa shape index (κ3) is 4.00. The Morgan fingerprint density at radius 3 is 2.71 bits per heavy atom. The monoisotopic (exact) mass is 406 g/mol. The molecule has 0 bridgehead atoms. The lowest BCUT2D eigenvalue weighted by molar-refractivity contribution is 0.222. The van der Waals surface area contributed by atoms with Crippen molar-refractivity contribution in [2.75, 3.05) is 30.8 Å². The fourth-order valence-corrected chi connectivity index (χ4v) is 4.39. The molecular formula is C19H26N4O4S. The number of nitrogens with zero attached hydrogens (tertiary/aromatic N) is 3. The summed E-state index contributed by atoms with van der Waals surface area (Å²) in [5.41, 5.74) is 0.733. The van der Waals surface area contributed by atoms with E-state index in [1.807, 2.05) is 12.1 Å². The van der Waals surface area contributed by atoms with E-state index in [1.54, 1.807) is 0 Å². The number of anilines is 1. The summed E-state index contributed by atoms with van der Waals surface area (Å²) < 4.78 is 29.4. The topological polar surface area (TPSA) is 99.5 Å². The third-order valence-corrected chi connectivity index (χ3v) is 6.50. The van der Waals surface area contributed by atoms with Crippen LogP contribution >= 0.6 is 0 Å². The minimum Gasteiger partial charge on any atom is -0.444 e. The first-order valence-corrected chi connectivity index (χ1v) is 11.6. The maximum Gasteiger partial charge on any atom is 0.256 e. The molecule has 0 aliphatic carbocycles. The second-order valence-electron chi connectivity index (χ2n) is 7.94. The van der Waals surface area contributed by atoms with Crippen LogP contribution in [0.3, 0.4) is 0 Å². The zero-order valence-electron chi connectivity index (χ0n) is 16.3. The number of rotatable bonds is 4. The van der Waals surface area contributed by atoms with Crippen molar-refractivity contribution in [3.8, 4) is 0 Å². The van der Waals surface area contributed by atoms with Crippen LogP contribution in [0.1, 0.15) is 36.8 Å². The Labute approximate surface area is 164 Å². The SMILES string of the molecule is CC1CCN(c2ccc(CN3CCc4nc(S(C)(=O)=O)[nH]c(=O)c4C3)o2)CC1. The molecule has 0 amide bonds. The first kappa shape index (κ1) is 19.2. The van der Waals surface area contributed by atoms with E-state index in [4.69, 9.17) is 4.42 Å². The van der Waals surface area contributed by atoms with Crippen molar-refractivity contribution in [1.29, 1.82) is 0 Å². The smallest absolute Gasteiger partial charge is 0.256 e. The molecule has 2 aromatic rings. The number of piperidine rings is 1. The number of nitrogens with one attached hydrogen (secondary N) is 1. The zero-order chi connectivity index (χ0) is 19.9. The van der Waals surface area contributed by atoms with Gasteiger partial charge in [-0.05, 0) is 24.8 Å². The zero-order valence-corrected chi connectivity index (χ0v) is 17.1. The molecule has 9 heteroatoms. The summed E-state index contributed by atoms with van der Waals surface area (Å²) in [6, 6.07) is 4.02. The molecule has 2 aromatic heterocycles. The summed E-state index contributed by atoms with van der Waals surface area (Å²) in [4.78, 5) is 23.3. The molecule has 0 aromatic carbocycles. The average molecular weight is 407 g/mol. The molecule has 0 unspecified atom stereocenters. The van der Waals surface area contributed by atoms with Gasteiger partial charge in [-0.15, -0.1) is 0 Å². The Kier molecular flexibility index (Phi) is 5.05. The molecule has 1 saturated heterocycles. The van der Waals surface area contributed by atoms with E-state index < -0.39 is 9.84 Å². The molecule has 1 N–H and O–H groups in total. The second kappa shape index (κ2) is 7.36. The molecule has 2 aliphatic rings. The fourth-order valence-electron chi connectivity index (χ4n) is 3.84. The molecule has 28 heavy (non-hydrogen) atoms. The van der Waals surface area contributed by atoms with Crippen LogP contribution in [0, 0.1) is 5.92 Å². The average Bonchev–Trinajstić information content (AvgIpc) is 3.10. The molecule has 0 saturated carbocycles. The minimum atomic E-state index is -3.53. The van der Waals surface area contributed by atoms with Gasteiger partial charge in [0, 0.05) is 44.9 Å². The van der Waals surface area contributed by atoms with Gasteiger partial charge in [0.05, 0.1) is 17.8 Å². The van der Waals surface area contributed by atoms with E-state index in [1.165, 1.54) is 12.8 Å². The minimum absolute atomic E-state index is 0.253. The van der Waals surface area contributed by atoms with Crippen molar-refractivity contribution in [1.82, 2.24) is 14.9 Å². The standard InChI is InChI=1S/C19H26N4O4S/c1-13-5-9-23(10-6-13)17-4-3-14(27-17)11-22-8-7-16-15(12-22)18(24)21-19(20-16)28(2,25)26/h3-4,13H,5-12H2,1-2H3,(H,20,21,24). The number of sulfone groups is 1. The number of hydrogen-bond donors (Lipinski definition) is 1. The highest BCUT2D eigenvalue weighted by atomic mass is 32.2. The Balaban J connectivity index is 1.45. The van der Waals surface area contributed by atoms with Crippen LogP contribution in [-0.2, 0) is 29.3 Å². The Hall–Kier alpha value is -2.13. The van der Waals surface area contributed by atoms with E-state index in [2.05, 4.69) is 26.7 Å². The van der Waals surface area contributed by atoms with Gasteiger partial charge in [-0.25, -0.2) is 13.4 Å². The lowest BCUT2D eigenvalue weighted by Gasteiger charge is -2.30. The van der Waals surface area contributed by atoms with Gasteiger partial charge in [-0.3, -0.25) is 14.7 Å². The molecule has 4 heterocycles. The Morgan fingerprint density at radius 1 is 1.25 bits per heavy atom. The van der Waals surface area contributed by atoms with Gasteiger partial charge in [-0.2, -0.15) is 0 Å². The quantitative estimate of drug-likeness (QED) is 0.769. The molecule has 0 spiro atoms. The number of furan rings is 1. The van der Waals surface area contributed by atoms with Crippen LogP contribution in [0.15, 0.2) is 26.5 Å². The number of fused-ring (bicyclic) bond motifs is 1. The van der Waals surface area contributed by atoms with Crippen LogP contribution in [0.2, 0.25) is 0 Å². The van der Waals surface area contributed by atoms with Gasteiger partial charge in [-0.1, -0.05) is 6.92 Å². The molecule has 0 atom stereocenters. The summed E-state index contributed by atoms with van der Waals surface area (Å²) in [6.07, 6.45) is 3.96. The first-order chi connectivity index (χ1) is 13.3. The molecular weight excluding hydrogens is 380 g/mol. The largest absolute Gasteiger partial charge is 0.444 e. The first-order valence-electron chi connectivity index (χ1n) is 9.68. The second-order valence-corrected chi connectivity index (χ2v) is 9.87. The van der Waals surface area contributed by atoms with Crippen molar-refractivity contribution in [3.05, 3.63) is 39.5 Å². The lowest BCUT2D eigenvalue weighted by Crippen LogP contribution is -2.36. The van der Waals surface area contributed by atoms with Crippen molar-refractivity contribution in [3.63, 3.8) is 0 Å². The molecule has 1 fully saturated rings. The summed E-state index contributed by atoms with van der Waals surface area (Å²) in [6.45, 7) is 6.07. The number of H-pyrrole nitrogens is 1. The van der Waals surface area contributed by atoms with Gasteiger partial charge in [0.2, 0.25) is 15.0 Å². The predicted molar refractivity (Wildman–Crippen MR) is 105 cm³/mol. The van der Waals surface area contributed by atoms with E-state index in [0.29, 0.717) is 37.3 Å². The van der Waals surface area contributed by atoms with Gasteiger partial charge < -0.3 is 9.32 Å². The maximum absolute atomic E-state index is 12.3. The molecule has 8 nitrogen and oxygen atoms in total. The Bertz CT molecular complexity index is 1020. The van der Waals surface area contributed by atoms with Crippen molar-refractivity contribution >= 4 is 15.7 Å². The maximum atomic E-state index is 12.3. The van der Waals surface area contributed by atoms with Crippen molar-refractivity contribution in [2.24, 2.45) is 5.92 Å². The van der Waals surface area contributed by atoms with Crippen LogP contribution in [0.4, 0.5) is 5.88 Å². The van der Waals surface area contributed by atoms with E-state index in [9.17, 15) is 13.2 Å². The number of aromatic amines is 1. The fraction of sp³-hybridized carbons (Fsp3) is 0.579. The van der Waals surface area contributed by atoms with E-state index >= 15 is 0 Å². The predicted octanol–water partition coefficient (Wildman–Crippen LogP) is 1.56. The highest BCUT2D eigenvalue weighted by Crippen LogP contribution is 2.26. The van der Waals surface area contributed by atoms with Gasteiger partial charge in [0.15, 0.2) is 5.88 Å². The van der Waals surface area contributed by atoms with E-state index in [-0.39, 0.29) is 10.7 Å². The lowest BCUT2D eigenvalue weighted by atomic mass is 9.99. The summed E-state index contributed by atoms with van der Waals surface area (Å²) in [7, 11) is -3.53. The molecule has 2 aliphatic heterocycles. The van der Waals surface area contributed by atoms with Crippen LogP contribution in [0.25, 0.3) is 0 Å². The van der Waals surface area contributed by atoms with Crippen molar-refractivity contribution < 1.29 is 12.8 Å². The van der Waals surface area contributed by atoms with Crippen LogP contribution in [0.5, 0.6) is 0 Å². The summed E-state index contributed by atoms with van der Waals surface area (Å²) in [5.74, 6) is 2.56. The van der Waals surface area contributed by atoms with Crippen molar-refractivity contribution in [2.45, 2.75) is 44.4 Å². The highest BCUT2D eigenvalue weighted by molar-refractivity contribution is 7.90. The molecule has 4 rings (SSSR count). The van der Waals surface area contributed by atoms with Gasteiger partial charge in [0.25, 0.3) is 5.56 Å². The number of hydrogen-bond acceptors (Lipinski definition) is 7. The number of aromatic nitrogens is 2. The highest BCUT2D eigenvalue weighted by Gasteiger charge is 2.25. The summed E-state index contributed by atoms with van der Waals surface area (Å²) in [5, 5.41) is -0.253. The summed E-state index contributed by atoms with van der Waals surface area (Å²) >= 11 is 0. The van der Waals surface area contributed by atoms with Gasteiger partial charge in [0.1, 0.15) is 5.76 Å². The molecule has 152 valence electrons. The normalized spacial score (nSPS) is 19.0.